The molecule has 35 heavy (non-hydrogen) atoms. The number of rotatable bonds is 2. The Balaban J connectivity index is 1.85. The number of benzene rings is 5. The van der Waals surface area contributed by atoms with Gasteiger partial charge in [-0.3, -0.25) is 0 Å². The second-order valence-electron chi connectivity index (χ2n) is 8.75. The summed E-state index contributed by atoms with van der Waals surface area (Å²) < 4.78 is 3.39. The molecule has 0 spiro atoms. The van der Waals surface area contributed by atoms with Crippen molar-refractivity contribution >= 4 is 85.9 Å². The Labute approximate surface area is 237 Å². The van der Waals surface area contributed by atoms with Gasteiger partial charge in [-0.05, 0) is 144 Å². The standard InChI is InChI=1S/C29H18Br4N2/c30-23-11-17(12-24(31)27(23)34)29(18-13-25(32)28(35)26(33)14-18)21-8-4-3-7-19(21)20-9-15-5-1-2-6-16(15)10-22(20)29/h1-14H,34-35H2. The summed E-state index contributed by atoms with van der Waals surface area (Å²) in [5.74, 6) is 0. The minimum atomic E-state index is -0.590. The Kier molecular flexibility index (Phi) is 5.64. The molecule has 5 aromatic rings. The molecule has 5 aromatic carbocycles. The van der Waals surface area contributed by atoms with Gasteiger partial charge in [0.05, 0.1) is 16.8 Å². The highest BCUT2D eigenvalue weighted by Gasteiger charge is 2.47. The van der Waals surface area contributed by atoms with Crippen LogP contribution in [0.25, 0.3) is 21.9 Å². The number of fused-ring (bicyclic) bond motifs is 4. The van der Waals surface area contributed by atoms with E-state index in [1.807, 2.05) is 0 Å². The van der Waals surface area contributed by atoms with E-state index in [0.29, 0.717) is 11.4 Å². The molecule has 0 aliphatic heterocycles. The fourth-order valence-corrected chi connectivity index (χ4v) is 7.73. The van der Waals surface area contributed by atoms with E-state index < -0.39 is 5.41 Å². The molecule has 6 rings (SSSR count). The maximum atomic E-state index is 6.34. The third-order valence-electron chi connectivity index (χ3n) is 6.94. The van der Waals surface area contributed by atoms with Gasteiger partial charge in [-0.25, -0.2) is 0 Å². The van der Waals surface area contributed by atoms with Gasteiger partial charge in [0.1, 0.15) is 0 Å². The highest BCUT2D eigenvalue weighted by molar-refractivity contribution is 9.11. The maximum Gasteiger partial charge on any atom is 0.0715 e. The first-order valence-electron chi connectivity index (χ1n) is 11.0. The zero-order chi connectivity index (χ0) is 24.5. The molecule has 0 radical (unpaired) electrons. The van der Waals surface area contributed by atoms with E-state index in [1.165, 1.54) is 33.0 Å². The number of anilines is 2. The summed E-state index contributed by atoms with van der Waals surface area (Å²) in [5, 5.41) is 2.42. The molecule has 0 aromatic heterocycles. The molecule has 0 atom stereocenters. The highest BCUT2D eigenvalue weighted by Crippen LogP contribution is 2.58. The van der Waals surface area contributed by atoms with Crippen LogP contribution in [0.2, 0.25) is 0 Å². The third kappa shape index (κ3) is 3.37. The zero-order valence-electron chi connectivity index (χ0n) is 18.2. The van der Waals surface area contributed by atoms with E-state index >= 15 is 0 Å². The number of nitrogen functional groups attached to an aromatic ring is 2. The monoisotopic (exact) mass is 710 g/mol. The molecule has 4 N–H and O–H groups in total. The largest absolute Gasteiger partial charge is 0.397 e. The van der Waals surface area contributed by atoms with E-state index in [-0.39, 0.29) is 0 Å². The fourth-order valence-electron chi connectivity index (χ4n) is 5.35. The molecule has 172 valence electrons. The van der Waals surface area contributed by atoms with Crippen LogP contribution in [-0.2, 0) is 5.41 Å². The molecule has 0 heterocycles. The zero-order valence-corrected chi connectivity index (χ0v) is 24.6. The van der Waals surface area contributed by atoms with Crippen molar-refractivity contribution in [2.24, 2.45) is 0 Å². The molecule has 0 unspecified atom stereocenters. The Hall–Kier alpha value is -2.12. The first kappa shape index (κ1) is 23.3. The van der Waals surface area contributed by atoms with Crippen LogP contribution in [0.15, 0.2) is 103 Å². The van der Waals surface area contributed by atoms with E-state index in [4.69, 9.17) is 11.5 Å². The lowest BCUT2D eigenvalue weighted by atomic mass is 9.67. The first-order valence-corrected chi connectivity index (χ1v) is 14.1. The van der Waals surface area contributed by atoms with Crippen LogP contribution in [0, 0.1) is 0 Å². The Bertz CT molecular complexity index is 1570. The van der Waals surface area contributed by atoms with Gasteiger partial charge in [-0.2, -0.15) is 0 Å². The fraction of sp³-hybridized carbons (Fsp3) is 0.0345. The van der Waals surface area contributed by atoms with Crippen molar-refractivity contribution in [2.75, 3.05) is 11.5 Å². The van der Waals surface area contributed by atoms with Gasteiger partial charge in [0.2, 0.25) is 0 Å². The van der Waals surface area contributed by atoms with Gasteiger partial charge < -0.3 is 11.5 Å². The van der Waals surface area contributed by atoms with Crippen LogP contribution in [0.4, 0.5) is 11.4 Å². The first-order chi connectivity index (χ1) is 16.8. The van der Waals surface area contributed by atoms with Crippen LogP contribution in [0.5, 0.6) is 0 Å². The lowest BCUT2D eigenvalue weighted by Gasteiger charge is -2.35. The molecule has 6 heteroatoms. The van der Waals surface area contributed by atoms with Crippen LogP contribution in [0.1, 0.15) is 22.3 Å². The van der Waals surface area contributed by atoms with Gasteiger partial charge in [0.15, 0.2) is 0 Å². The van der Waals surface area contributed by atoms with Crippen LogP contribution < -0.4 is 11.5 Å². The predicted molar refractivity (Wildman–Crippen MR) is 161 cm³/mol. The van der Waals surface area contributed by atoms with Crippen LogP contribution >= 0.6 is 63.7 Å². The van der Waals surface area contributed by atoms with Crippen molar-refractivity contribution in [2.45, 2.75) is 5.41 Å². The number of hydrogen-bond acceptors (Lipinski definition) is 2. The van der Waals surface area contributed by atoms with Gasteiger partial charge >= 0.3 is 0 Å². The van der Waals surface area contributed by atoms with Gasteiger partial charge in [0, 0.05) is 17.9 Å². The maximum absolute atomic E-state index is 6.34. The molecule has 0 saturated heterocycles. The molecule has 0 saturated carbocycles. The second-order valence-corrected chi connectivity index (χ2v) is 12.2. The predicted octanol–water partition coefficient (Wildman–Crippen LogP) is 9.42. The molecular weight excluding hydrogens is 696 g/mol. The highest BCUT2D eigenvalue weighted by atomic mass is 79.9. The van der Waals surface area contributed by atoms with Gasteiger partial charge in [-0.1, -0.05) is 48.5 Å². The van der Waals surface area contributed by atoms with Crippen LogP contribution in [-0.4, -0.2) is 0 Å². The summed E-state index contributed by atoms with van der Waals surface area (Å²) >= 11 is 14.8. The van der Waals surface area contributed by atoms with E-state index in [2.05, 4.69) is 149 Å². The summed E-state index contributed by atoms with van der Waals surface area (Å²) in [7, 11) is 0. The van der Waals surface area contributed by atoms with Crippen LogP contribution in [0.3, 0.4) is 0 Å². The summed E-state index contributed by atoms with van der Waals surface area (Å²) in [6.45, 7) is 0. The number of nitrogens with two attached hydrogens (primary N) is 2. The normalized spacial score (nSPS) is 13.6. The van der Waals surface area contributed by atoms with Crippen molar-refractivity contribution in [3.05, 3.63) is 125 Å². The lowest BCUT2D eigenvalue weighted by molar-refractivity contribution is 0.767. The molecule has 2 nitrogen and oxygen atoms in total. The summed E-state index contributed by atoms with van der Waals surface area (Å²) in [6.07, 6.45) is 0. The molecule has 0 amide bonds. The van der Waals surface area contributed by atoms with E-state index in [0.717, 1.165) is 29.0 Å². The number of hydrogen-bond donors (Lipinski definition) is 2. The Morgan fingerprint density at radius 1 is 0.486 bits per heavy atom. The SMILES string of the molecule is Nc1c(Br)cc(C2(c3cc(Br)c(N)c(Br)c3)c3ccccc3-c3cc4ccccc4cc32)cc1Br. The van der Waals surface area contributed by atoms with Crippen molar-refractivity contribution < 1.29 is 0 Å². The van der Waals surface area contributed by atoms with Crippen molar-refractivity contribution in [1.82, 2.24) is 0 Å². The third-order valence-corrected chi connectivity index (χ3v) is 9.56. The lowest BCUT2D eigenvalue weighted by Crippen LogP contribution is -2.29. The molecule has 0 fully saturated rings. The average molecular weight is 714 g/mol. The van der Waals surface area contributed by atoms with Gasteiger partial charge in [0.25, 0.3) is 0 Å². The summed E-state index contributed by atoms with van der Waals surface area (Å²) in [4.78, 5) is 0. The second kappa shape index (κ2) is 8.48. The van der Waals surface area contributed by atoms with Crippen molar-refractivity contribution in [3.63, 3.8) is 0 Å². The minimum absolute atomic E-state index is 0.590. The molecule has 0 bridgehead atoms. The minimum Gasteiger partial charge on any atom is -0.397 e. The topological polar surface area (TPSA) is 52.0 Å². The molecular formula is C29H18Br4N2. The summed E-state index contributed by atoms with van der Waals surface area (Å²) in [5.41, 5.74) is 20.5. The Morgan fingerprint density at radius 3 is 1.49 bits per heavy atom. The van der Waals surface area contributed by atoms with Crippen molar-refractivity contribution in [3.8, 4) is 11.1 Å². The molecule has 1 aliphatic carbocycles. The van der Waals surface area contributed by atoms with Gasteiger partial charge in [-0.15, -0.1) is 0 Å². The Morgan fingerprint density at radius 2 is 0.943 bits per heavy atom. The summed E-state index contributed by atoms with van der Waals surface area (Å²) in [6, 6.07) is 30.4. The van der Waals surface area contributed by atoms with E-state index in [9.17, 15) is 0 Å². The average Bonchev–Trinajstić information content (AvgIpc) is 3.14. The molecule has 1 aliphatic rings. The van der Waals surface area contributed by atoms with Crippen molar-refractivity contribution in [1.29, 1.82) is 0 Å². The number of halogens is 4. The van der Waals surface area contributed by atoms with E-state index in [1.54, 1.807) is 0 Å². The smallest absolute Gasteiger partial charge is 0.0715 e. The quantitative estimate of drug-likeness (QED) is 0.176.